The number of hydrogen-bond donors (Lipinski definition) is 0. The Labute approximate surface area is 260 Å². The molecule has 3 heterocycles. The zero-order chi connectivity index (χ0) is 28.0. The largest absolute Gasteiger partial charge is 0.501 e. The third-order valence-corrected chi connectivity index (χ3v) is 7.11. The fourth-order valence-electron chi connectivity index (χ4n) is 4.90. The molecule has 209 valence electrons. The van der Waals surface area contributed by atoms with Crippen LogP contribution in [0.25, 0.3) is 44.5 Å². The molecule has 4 heteroatoms. The van der Waals surface area contributed by atoms with Gasteiger partial charge >= 0.3 is 0 Å². The molecule has 4 aromatic carbocycles. The minimum Gasteiger partial charge on any atom is -0.501 e. The summed E-state index contributed by atoms with van der Waals surface area (Å²) in [5.41, 5.74) is 9.41. The molecule has 1 radical (unpaired) electrons. The van der Waals surface area contributed by atoms with E-state index in [-0.39, 0.29) is 20.1 Å². The molecule has 7 rings (SSSR count). The Morgan fingerprint density at radius 1 is 0.690 bits per heavy atom. The maximum Gasteiger partial charge on any atom is 0.120 e. The first kappa shape index (κ1) is 29.1. The maximum absolute atomic E-state index is 6.07. The first-order valence-corrected chi connectivity index (χ1v) is 13.9. The van der Waals surface area contributed by atoms with E-state index in [9.17, 15) is 0 Å². The van der Waals surface area contributed by atoms with Crippen LogP contribution in [-0.4, -0.2) is 9.97 Å². The van der Waals surface area contributed by atoms with Crippen LogP contribution in [0, 0.1) is 12.1 Å². The average molecular weight is 723 g/mol. The van der Waals surface area contributed by atoms with Crippen molar-refractivity contribution in [1.29, 1.82) is 0 Å². The Hall–Kier alpha value is -4.37. The topological polar surface area (TPSA) is 38.9 Å². The van der Waals surface area contributed by atoms with Gasteiger partial charge in [0.05, 0.1) is 5.58 Å². The number of hydrogen-bond acceptors (Lipinski definition) is 3. The Morgan fingerprint density at radius 2 is 1.50 bits per heavy atom. The van der Waals surface area contributed by atoms with Gasteiger partial charge < -0.3 is 14.4 Å². The second-order valence-electron chi connectivity index (χ2n) is 10.3. The second kappa shape index (κ2) is 13.5. The van der Waals surface area contributed by atoms with E-state index < -0.39 is 0 Å². The monoisotopic (exact) mass is 723 g/mol. The zero-order valence-electron chi connectivity index (χ0n) is 23.5. The number of para-hydroxylation sites is 1. The molecule has 3 aromatic heterocycles. The minimum absolute atomic E-state index is 0. The van der Waals surface area contributed by atoms with Gasteiger partial charge in [0.2, 0.25) is 0 Å². The SMILES string of the molecule is CC(C)c1ccnc(-c2[c-]ccc3c2oc2ccccc23)c1.[Ir].[c-]1ccccc1-c1ccc(Cc2ccccc2)cn1. The van der Waals surface area contributed by atoms with Crippen LogP contribution in [-0.2, 0) is 26.5 Å². The van der Waals surface area contributed by atoms with E-state index in [0.717, 1.165) is 50.9 Å². The molecule has 42 heavy (non-hydrogen) atoms. The van der Waals surface area contributed by atoms with Gasteiger partial charge in [-0.05, 0) is 47.0 Å². The van der Waals surface area contributed by atoms with Gasteiger partial charge in [-0.2, -0.15) is 0 Å². The van der Waals surface area contributed by atoms with Crippen molar-refractivity contribution in [3.63, 3.8) is 0 Å². The van der Waals surface area contributed by atoms with Gasteiger partial charge in [-0.1, -0.05) is 97.1 Å². The third-order valence-electron chi connectivity index (χ3n) is 7.11. The second-order valence-corrected chi connectivity index (χ2v) is 10.3. The van der Waals surface area contributed by atoms with Crippen LogP contribution >= 0.6 is 0 Å². The van der Waals surface area contributed by atoms with E-state index in [1.807, 2.05) is 67.0 Å². The summed E-state index contributed by atoms with van der Waals surface area (Å²) >= 11 is 0. The summed E-state index contributed by atoms with van der Waals surface area (Å²) in [5, 5.41) is 2.24. The van der Waals surface area contributed by atoms with E-state index in [0.29, 0.717) is 5.92 Å². The smallest absolute Gasteiger partial charge is 0.120 e. The van der Waals surface area contributed by atoms with Crippen LogP contribution in [0.5, 0.6) is 0 Å². The molecule has 0 aliphatic rings. The molecule has 0 amide bonds. The van der Waals surface area contributed by atoms with Crippen molar-refractivity contribution in [2.24, 2.45) is 0 Å². The summed E-state index contributed by atoms with van der Waals surface area (Å²) in [6.45, 7) is 4.37. The van der Waals surface area contributed by atoms with Crippen LogP contribution in [0.3, 0.4) is 0 Å². The van der Waals surface area contributed by atoms with E-state index in [1.54, 1.807) is 0 Å². The average Bonchev–Trinajstić information content (AvgIpc) is 3.42. The number of furan rings is 1. The molecule has 7 aromatic rings. The van der Waals surface area contributed by atoms with Gasteiger partial charge in [0.1, 0.15) is 5.58 Å². The Morgan fingerprint density at radius 3 is 2.26 bits per heavy atom. The summed E-state index contributed by atoms with van der Waals surface area (Å²) in [7, 11) is 0. The van der Waals surface area contributed by atoms with Gasteiger partial charge in [0.15, 0.2) is 0 Å². The standard InChI is InChI=1S/C20H16NO.C18H14N.Ir/c1-13(2)14-10-11-21-18(12-14)17-8-5-7-16-15-6-3-4-9-19(15)22-20(16)17;1-3-7-15(8-4-1)13-16-11-12-18(19-14-16)17-9-5-2-6-10-17;/h3-7,9-13H,1-2H3;1-9,11-12,14H,13H2;/q2*-1;. The first-order chi connectivity index (χ1) is 20.2. The Kier molecular flexibility index (Phi) is 9.38. The molecule has 0 saturated heterocycles. The van der Waals surface area contributed by atoms with Gasteiger partial charge in [0, 0.05) is 37.9 Å². The van der Waals surface area contributed by atoms with Crippen molar-refractivity contribution >= 4 is 21.9 Å². The van der Waals surface area contributed by atoms with Crippen LogP contribution < -0.4 is 0 Å². The molecule has 3 nitrogen and oxygen atoms in total. The molecule has 0 fully saturated rings. The van der Waals surface area contributed by atoms with Crippen molar-refractivity contribution in [3.8, 4) is 22.5 Å². The molecule has 0 spiro atoms. The van der Waals surface area contributed by atoms with Crippen LogP contribution in [0.4, 0.5) is 0 Å². The summed E-state index contributed by atoms with van der Waals surface area (Å²) in [6.07, 6.45) is 4.73. The van der Waals surface area contributed by atoms with Crippen LogP contribution in [0.15, 0.2) is 132 Å². The normalized spacial score (nSPS) is 10.7. The summed E-state index contributed by atoms with van der Waals surface area (Å²) in [6, 6.07) is 45.3. The van der Waals surface area contributed by atoms with Crippen LogP contribution in [0.2, 0.25) is 0 Å². The fraction of sp³-hybridized carbons (Fsp3) is 0.105. The predicted molar refractivity (Wildman–Crippen MR) is 168 cm³/mol. The zero-order valence-corrected chi connectivity index (χ0v) is 25.9. The summed E-state index contributed by atoms with van der Waals surface area (Å²) < 4.78 is 6.07. The van der Waals surface area contributed by atoms with Gasteiger partial charge in [0.25, 0.3) is 0 Å². The van der Waals surface area contributed by atoms with E-state index in [1.165, 1.54) is 16.7 Å². The van der Waals surface area contributed by atoms with Crippen molar-refractivity contribution in [2.75, 3.05) is 0 Å². The van der Waals surface area contributed by atoms with Crippen molar-refractivity contribution in [1.82, 2.24) is 9.97 Å². The summed E-state index contributed by atoms with van der Waals surface area (Å²) in [5.74, 6) is 0.469. The predicted octanol–water partition coefficient (Wildman–Crippen LogP) is 9.71. The van der Waals surface area contributed by atoms with Gasteiger partial charge in [-0.25, -0.2) is 0 Å². The number of fused-ring (bicyclic) bond motifs is 3. The molecule has 0 bridgehead atoms. The number of aromatic nitrogens is 2. The Bertz CT molecular complexity index is 1880. The Balaban J connectivity index is 0.000000166. The molecule has 0 atom stereocenters. The van der Waals surface area contributed by atoms with Gasteiger partial charge in [-0.3, -0.25) is 0 Å². The number of rotatable bonds is 5. The third kappa shape index (κ3) is 6.57. The van der Waals surface area contributed by atoms with E-state index >= 15 is 0 Å². The molecular formula is C38H30IrN2O-2. The molecule has 0 saturated carbocycles. The van der Waals surface area contributed by atoms with Gasteiger partial charge in [-0.15, -0.1) is 54.1 Å². The quantitative estimate of drug-likeness (QED) is 0.166. The van der Waals surface area contributed by atoms with E-state index in [2.05, 4.69) is 96.6 Å². The van der Waals surface area contributed by atoms with E-state index in [4.69, 9.17) is 4.42 Å². The number of nitrogens with zero attached hydrogens (tertiary/aromatic N) is 2. The number of pyridine rings is 2. The molecule has 0 unspecified atom stereocenters. The maximum atomic E-state index is 6.07. The molecular weight excluding hydrogens is 693 g/mol. The fourth-order valence-corrected chi connectivity index (χ4v) is 4.90. The number of benzene rings is 4. The minimum atomic E-state index is 0. The first-order valence-electron chi connectivity index (χ1n) is 13.9. The van der Waals surface area contributed by atoms with Crippen molar-refractivity contribution < 1.29 is 24.5 Å². The summed E-state index contributed by atoms with van der Waals surface area (Å²) in [4.78, 5) is 9.03. The molecule has 0 N–H and O–H groups in total. The molecule has 0 aliphatic carbocycles. The van der Waals surface area contributed by atoms with Crippen molar-refractivity contribution in [3.05, 3.63) is 156 Å². The molecule has 0 aliphatic heterocycles. The van der Waals surface area contributed by atoms with Crippen LogP contribution in [0.1, 0.15) is 36.5 Å². The van der Waals surface area contributed by atoms with Crippen molar-refractivity contribution in [2.45, 2.75) is 26.2 Å².